The lowest BCUT2D eigenvalue weighted by Crippen LogP contribution is -2.48. The van der Waals surface area contributed by atoms with Gasteiger partial charge in [0.05, 0.1) is 19.9 Å². The highest BCUT2D eigenvalue weighted by molar-refractivity contribution is 5.97. The van der Waals surface area contributed by atoms with Crippen LogP contribution in [0.25, 0.3) is 0 Å². The Morgan fingerprint density at radius 2 is 1.58 bits per heavy atom. The largest absolute Gasteiger partial charge is 0.497 e. The molecule has 2 aromatic rings. The number of carbonyl (C=O) groups is 2. The van der Waals surface area contributed by atoms with Crippen LogP contribution < -0.4 is 20.2 Å². The van der Waals surface area contributed by atoms with Crippen molar-refractivity contribution in [2.24, 2.45) is 16.9 Å². The van der Waals surface area contributed by atoms with E-state index in [9.17, 15) is 9.59 Å². The lowest BCUT2D eigenvalue weighted by Gasteiger charge is -2.20. The van der Waals surface area contributed by atoms with Crippen molar-refractivity contribution in [3.8, 4) is 11.5 Å². The molecule has 0 radical (unpaired) electrons. The van der Waals surface area contributed by atoms with Gasteiger partial charge >= 0.3 is 0 Å². The number of hydrogen-bond acceptors (Lipinski definition) is 5. The number of rotatable bonds is 10. The maximum absolute atomic E-state index is 12.6. The average Bonchev–Trinajstić information content (AvgIpc) is 2.76. The van der Waals surface area contributed by atoms with Gasteiger partial charge in [0.15, 0.2) is 0 Å². The van der Waals surface area contributed by atoms with Crippen molar-refractivity contribution in [3.05, 3.63) is 59.7 Å². The number of ether oxygens (including phenoxy) is 2. The van der Waals surface area contributed by atoms with Crippen LogP contribution in [0, 0.1) is 11.8 Å². The van der Waals surface area contributed by atoms with Crippen LogP contribution in [-0.2, 0) is 4.79 Å². The van der Waals surface area contributed by atoms with Gasteiger partial charge in [-0.05, 0) is 65.9 Å². The predicted octanol–water partition coefficient (Wildman–Crippen LogP) is 3.63. The molecule has 0 aliphatic heterocycles. The summed E-state index contributed by atoms with van der Waals surface area (Å²) in [6.45, 7) is 8.56. The molecule has 7 heteroatoms. The molecule has 166 valence electrons. The zero-order valence-electron chi connectivity index (χ0n) is 18.7. The summed E-state index contributed by atoms with van der Waals surface area (Å²) < 4.78 is 10.7. The second kappa shape index (κ2) is 11.7. The first-order valence-corrected chi connectivity index (χ1v) is 10.3. The zero-order valence-corrected chi connectivity index (χ0v) is 18.7. The molecule has 0 aliphatic rings. The third-order valence-corrected chi connectivity index (χ3v) is 4.44. The summed E-state index contributed by atoms with van der Waals surface area (Å²) in [5, 5.41) is 6.79. The Morgan fingerprint density at radius 1 is 0.968 bits per heavy atom. The number of amides is 2. The SMILES string of the molecule is COc1ccc(C(=O)NC(C(=O)NN=Cc2ccc(OCC(C)C)cc2)C(C)C)cc1. The standard InChI is InChI=1S/C24H31N3O4/c1-16(2)15-31-21-10-6-18(7-11-21)14-25-27-24(29)22(17(3)4)26-23(28)19-8-12-20(30-5)13-9-19/h6-14,16-17,22H,15H2,1-5H3,(H,26,28)(H,27,29). The summed E-state index contributed by atoms with van der Waals surface area (Å²) >= 11 is 0. The van der Waals surface area contributed by atoms with Gasteiger partial charge in [-0.25, -0.2) is 5.43 Å². The molecule has 0 saturated carbocycles. The van der Waals surface area contributed by atoms with E-state index in [4.69, 9.17) is 9.47 Å². The molecule has 2 N–H and O–H groups in total. The molecular weight excluding hydrogens is 394 g/mol. The quantitative estimate of drug-likeness (QED) is 0.449. The Kier molecular flexibility index (Phi) is 9.06. The molecule has 0 aliphatic carbocycles. The van der Waals surface area contributed by atoms with E-state index in [1.54, 1.807) is 37.6 Å². The van der Waals surface area contributed by atoms with Gasteiger partial charge in [0.2, 0.25) is 0 Å². The molecule has 0 fully saturated rings. The molecule has 2 amide bonds. The monoisotopic (exact) mass is 425 g/mol. The molecular formula is C24H31N3O4. The number of methoxy groups -OCH3 is 1. The van der Waals surface area contributed by atoms with Crippen LogP contribution in [0.4, 0.5) is 0 Å². The molecule has 0 saturated heterocycles. The lowest BCUT2D eigenvalue weighted by molar-refractivity contribution is -0.123. The fraction of sp³-hybridized carbons (Fsp3) is 0.375. The summed E-state index contributed by atoms with van der Waals surface area (Å²) in [5.74, 6) is 1.06. The van der Waals surface area contributed by atoms with Crippen molar-refractivity contribution in [2.45, 2.75) is 33.7 Å². The summed E-state index contributed by atoms with van der Waals surface area (Å²) in [6, 6.07) is 13.4. The van der Waals surface area contributed by atoms with Crippen molar-refractivity contribution < 1.29 is 19.1 Å². The maximum Gasteiger partial charge on any atom is 0.262 e. The molecule has 0 bridgehead atoms. The molecule has 0 aromatic heterocycles. The second-order valence-electron chi connectivity index (χ2n) is 7.93. The van der Waals surface area contributed by atoms with E-state index in [2.05, 4.69) is 29.7 Å². The zero-order chi connectivity index (χ0) is 22.8. The minimum Gasteiger partial charge on any atom is -0.497 e. The van der Waals surface area contributed by atoms with Crippen molar-refractivity contribution in [3.63, 3.8) is 0 Å². The molecule has 2 rings (SSSR count). The van der Waals surface area contributed by atoms with Gasteiger partial charge < -0.3 is 14.8 Å². The highest BCUT2D eigenvalue weighted by atomic mass is 16.5. The van der Waals surface area contributed by atoms with Gasteiger partial charge in [0.25, 0.3) is 11.8 Å². The van der Waals surface area contributed by atoms with E-state index in [-0.39, 0.29) is 17.7 Å². The van der Waals surface area contributed by atoms with Gasteiger partial charge in [-0.3, -0.25) is 9.59 Å². The van der Waals surface area contributed by atoms with Crippen LogP contribution in [0.2, 0.25) is 0 Å². The first-order chi connectivity index (χ1) is 14.8. The Bertz CT molecular complexity index is 875. The van der Waals surface area contributed by atoms with E-state index >= 15 is 0 Å². The van der Waals surface area contributed by atoms with Crippen LogP contribution in [-0.4, -0.2) is 37.8 Å². The summed E-state index contributed by atoms with van der Waals surface area (Å²) in [5.41, 5.74) is 3.77. The van der Waals surface area contributed by atoms with Crippen LogP contribution in [0.5, 0.6) is 11.5 Å². The van der Waals surface area contributed by atoms with E-state index in [0.717, 1.165) is 11.3 Å². The van der Waals surface area contributed by atoms with Gasteiger partial charge in [-0.2, -0.15) is 5.10 Å². The highest BCUT2D eigenvalue weighted by Gasteiger charge is 2.24. The van der Waals surface area contributed by atoms with Crippen molar-refractivity contribution in [1.29, 1.82) is 0 Å². The van der Waals surface area contributed by atoms with Gasteiger partial charge in [-0.15, -0.1) is 0 Å². The van der Waals surface area contributed by atoms with Crippen LogP contribution >= 0.6 is 0 Å². The third kappa shape index (κ3) is 7.77. The van der Waals surface area contributed by atoms with Crippen molar-refractivity contribution >= 4 is 18.0 Å². The fourth-order valence-corrected chi connectivity index (χ4v) is 2.65. The van der Waals surface area contributed by atoms with E-state index in [1.165, 1.54) is 0 Å². The van der Waals surface area contributed by atoms with Crippen LogP contribution in [0.1, 0.15) is 43.6 Å². The highest BCUT2D eigenvalue weighted by Crippen LogP contribution is 2.13. The van der Waals surface area contributed by atoms with E-state index in [0.29, 0.717) is 23.8 Å². The van der Waals surface area contributed by atoms with Gasteiger partial charge in [0.1, 0.15) is 17.5 Å². The first-order valence-electron chi connectivity index (χ1n) is 10.3. The first kappa shape index (κ1) is 23.9. The predicted molar refractivity (Wildman–Crippen MR) is 122 cm³/mol. The Hall–Kier alpha value is -3.35. The number of benzene rings is 2. The topological polar surface area (TPSA) is 89.0 Å². The maximum atomic E-state index is 12.6. The number of carbonyl (C=O) groups excluding carboxylic acids is 2. The smallest absolute Gasteiger partial charge is 0.262 e. The minimum atomic E-state index is -0.724. The molecule has 2 aromatic carbocycles. The van der Waals surface area contributed by atoms with Crippen LogP contribution in [0.15, 0.2) is 53.6 Å². The molecule has 1 atom stereocenters. The van der Waals surface area contributed by atoms with Gasteiger partial charge in [-0.1, -0.05) is 27.7 Å². The average molecular weight is 426 g/mol. The summed E-state index contributed by atoms with van der Waals surface area (Å²) in [4.78, 5) is 25.1. The second-order valence-corrected chi connectivity index (χ2v) is 7.93. The molecule has 31 heavy (non-hydrogen) atoms. The summed E-state index contributed by atoms with van der Waals surface area (Å²) in [6.07, 6.45) is 1.55. The molecule has 1 unspecified atom stereocenters. The van der Waals surface area contributed by atoms with E-state index in [1.807, 2.05) is 38.1 Å². The Morgan fingerprint density at radius 3 is 2.13 bits per heavy atom. The normalized spacial score (nSPS) is 12.1. The molecule has 0 spiro atoms. The Balaban J connectivity index is 1.93. The van der Waals surface area contributed by atoms with Crippen molar-refractivity contribution in [1.82, 2.24) is 10.7 Å². The lowest BCUT2D eigenvalue weighted by atomic mass is 10.0. The number of hydrazone groups is 1. The number of nitrogens with one attached hydrogen (secondary N) is 2. The number of hydrogen-bond donors (Lipinski definition) is 2. The minimum absolute atomic E-state index is 0.116. The van der Waals surface area contributed by atoms with Crippen LogP contribution in [0.3, 0.4) is 0 Å². The third-order valence-electron chi connectivity index (χ3n) is 4.44. The summed E-state index contributed by atoms with van der Waals surface area (Å²) in [7, 11) is 1.56. The van der Waals surface area contributed by atoms with Crippen molar-refractivity contribution in [2.75, 3.05) is 13.7 Å². The molecule has 7 nitrogen and oxygen atoms in total. The Labute approximate surface area is 183 Å². The van der Waals surface area contributed by atoms with E-state index < -0.39 is 6.04 Å². The molecule has 0 heterocycles. The van der Waals surface area contributed by atoms with Gasteiger partial charge in [0, 0.05) is 5.56 Å². The number of nitrogens with zero attached hydrogens (tertiary/aromatic N) is 1. The fourth-order valence-electron chi connectivity index (χ4n) is 2.65.